The first-order valence-electron chi connectivity index (χ1n) is 8.71. The number of hydrogen-bond donors (Lipinski definition) is 0. The average Bonchev–Trinajstić information content (AvgIpc) is 2.94. The van der Waals surface area contributed by atoms with Crippen molar-refractivity contribution in [3.05, 3.63) is 82.2 Å². The Balaban J connectivity index is 1.55. The Morgan fingerprint density at radius 2 is 1.81 bits per heavy atom. The van der Waals surface area contributed by atoms with Gasteiger partial charge in [-0.2, -0.15) is 11.8 Å². The number of para-hydroxylation sites is 1. The van der Waals surface area contributed by atoms with Crippen LogP contribution in [-0.4, -0.2) is 29.6 Å². The SMILES string of the molecule is O=C(c1cc2ccccc2oc1=O)N1CCSC(c2ccccc2)CC1. The maximum atomic E-state index is 12.9. The Bertz CT molecular complexity index is 983. The maximum absolute atomic E-state index is 12.9. The highest BCUT2D eigenvalue weighted by Gasteiger charge is 2.25. The van der Waals surface area contributed by atoms with Gasteiger partial charge < -0.3 is 9.32 Å². The van der Waals surface area contributed by atoms with Crippen molar-refractivity contribution in [3.63, 3.8) is 0 Å². The van der Waals surface area contributed by atoms with Gasteiger partial charge in [-0.1, -0.05) is 48.5 Å². The van der Waals surface area contributed by atoms with Crippen molar-refractivity contribution >= 4 is 28.6 Å². The van der Waals surface area contributed by atoms with Crippen molar-refractivity contribution in [2.45, 2.75) is 11.7 Å². The number of hydrogen-bond acceptors (Lipinski definition) is 4. The molecule has 1 aliphatic heterocycles. The van der Waals surface area contributed by atoms with Gasteiger partial charge in [0, 0.05) is 29.5 Å². The van der Waals surface area contributed by atoms with Crippen LogP contribution in [0, 0.1) is 0 Å². The molecule has 1 amide bonds. The Kier molecular flexibility index (Phi) is 4.80. The van der Waals surface area contributed by atoms with E-state index in [-0.39, 0.29) is 11.5 Å². The smallest absolute Gasteiger partial charge is 0.349 e. The number of fused-ring (bicyclic) bond motifs is 1. The van der Waals surface area contributed by atoms with Crippen LogP contribution in [-0.2, 0) is 0 Å². The standard InChI is InChI=1S/C21H19NO3S/c23-20(17-14-16-8-4-5-9-18(16)25-21(17)24)22-11-10-19(26-13-12-22)15-6-2-1-3-7-15/h1-9,14,19H,10-13H2. The molecule has 2 aromatic carbocycles. The molecule has 0 bridgehead atoms. The quantitative estimate of drug-likeness (QED) is 0.641. The molecule has 0 spiro atoms. The Labute approximate surface area is 155 Å². The molecular weight excluding hydrogens is 346 g/mol. The number of benzene rings is 2. The van der Waals surface area contributed by atoms with Crippen LogP contribution in [0.2, 0.25) is 0 Å². The van der Waals surface area contributed by atoms with Gasteiger partial charge in [-0.05, 0) is 24.1 Å². The highest BCUT2D eigenvalue weighted by molar-refractivity contribution is 7.99. The van der Waals surface area contributed by atoms with Gasteiger partial charge in [-0.15, -0.1) is 0 Å². The summed E-state index contributed by atoms with van der Waals surface area (Å²) in [5.74, 6) is 0.614. The zero-order valence-corrected chi connectivity index (χ0v) is 15.1. The molecule has 0 radical (unpaired) electrons. The highest BCUT2D eigenvalue weighted by Crippen LogP contribution is 2.34. The molecule has 5 heteroatoms. The summed E-state index contributed by atoms with van der Waals surface area (Å²) >= 11 is 1.86. The molecule has 1 aromatic heterocycles. The third kappa shape index (κ3) is 3.40. The van der Waals surface area contributed by atoms with Gasteiger partial charge in [-0.25, -0.2) is 4.79 Å². The van der Waals surface area contributed by atoms with Crippen molar-refractivity contribution in [3.8, 4) is 0 Å². The molecule has 4 nitrogen and oxygen atoms in total. The number of carbonyl (C=O) groups excluding carboxylic acids is 1. The second kappa shape index (κ2) is 7.38. The summed E-state index contributed by atoms with van der Waals surface area (Å²) in [5, 5.41) is 1.14. The fourth-order valence-electron chi connectivity index (χ4n) is 3.29. The van der Waals surface area contributed by atoms with Crippen LogP contribution in [0.3, 0.4) is 0 Å². The van der Waals surface area contributed by atoms with Gasteiger partial charge in [0.25, 0.3) is 5.91 Å². The molecule has 1 fully saturated rings. The molecule has 26 heavy (non-hydrogen) atoms. The third-order valence-electron chi connectivity index (χ3n) is 4.67. The molecule has 0 saturated carbocycles. The zero-order chi connectivity index (χ0) is 17.9. The predicted octanol–water partition coefficient (Wildman–Crippen LogP) is 4.11. The maximum Gasteiger partial charge on any atom is 0.349 e. The lowest BCUT2D eigenvalue weighted by atomic mass is 10.1. The number of nitrogens with zero attached hydrogens (tertiary/aromatic N) is 1. The third-order valence-corrected chi connectivity index (χ3v) is 6.00. The van der Waals surface area contributed by atoms with Crippen molar-refractivity contribution < 1.29 is 9.21 Å². The Hall–Kier alpha value is -2.53. The highest BCUT2D eigenvalue weighted by atomic mass is 32.2. The molecule has 4 rings (SSSR count). The largest absolute Gasteiger partial charge is 0.422 e. The molecule has 132 valence electrons. The van der Waals surface area contributed by atoms with E-state index in [0.717, 1.165) is 17.6 Å². The minimum Gasteiger partial charge on any atom is -0.422 e. The van der Waals surface area contributed by atoms with Crippen LogP contribution in [0.25, 0.3) is 11.0 Å². The number of thioether (sulfide) groups is 1. The van der Waals surface area contributed by atoms with Gasteiger partial charge in [0.1, 0.15) is 11.1 Å². The summed E-state index contributed by atoms with van der Waals surface area (Å²) in [4.78, 5) is 27.0. The minimum atomic E-state index is -0.565. The molecule has 2 heterocycles. The van der Waals surface area contributed by atoms with Gasteiger partial charge in [0.05, 0.1) is 0 Å². The summed E-state index contributed by atoms with van der Waals surface area (Å²) in [6, 6.07) is 19.3. The fraction of sp³-hybridized carbons (Fsp3) is 0.238. The molecule has 1 atom stereocenters. The minimum absolute atomic E-state index is 0.117. The van der Waals surface area contributed by atoms with Gasteiger partial charge in [0.15, 0.2) is 0 Å². The van der Waals surface area contributed by atoms with E-state index in [0.29, 0.717) is 23.9 Å². The fourth-order valence-corrected chi connectivity index (χ4v) is 4.52. The summed E-state index contributed by atoms with van der Waals surface area (Å²) in [7, 11) is 0. The summed E-state index contributed by atoms with van der Waals surface area (Å²) in [5.41, 5.74) is 1.35. The van der Waals surface area contributed by atoms with E-state index in [9.17, 15) is 9.59 Å². The van der Waals surface area contributed by atoms with Crippen molar-refractivity contribution in [1.29, 1.82) is 0 Å². The van der Waals surface area contributed by atoms with E-state index in [1.807, 2.05) is 48.2 Å². The lowest BCUT2D eigenvalue weighted by Gasteiger charge is -2.20. The average molecular weight is 365 g/mol. The van der Waals surface area contributed by atoms with E-state index < -0.39 is 5.63 Å². The van der Waals surface area contributed by atoms with Crippen LogP contribution in [0.15, 0.2) is 69.9 Å². The topological polar surface area (TPSA) is 50.5 Å². The molecule has 1 unspecified atom stereocenters. The summed E-state index contributed by atoms with van der Waals surface area (Å²) in [6.45, 7) is 1.27. The second-order valence-electron chi connectivity index (χ2n) is 6.34. The molecule has 3 aromatic rings. The first-order chi connectivity index (χ1) is 12.7. The number of carbonyl (C=O) groups is 1. The molecule has 1 aliphatic rings. The normalized spacial score (nSPS) is 17.8. The van der Waals surface area contributed by atoms with Crippen LogP contribution < -0.4 is 5.63 Å². The van der Waals surface area contributed by atoms with Crippen molar-refractivity contribution in [2.24, 2.45) is 0 Å². The van der Waals surface area contributed by atoms with E-state index >= 15 is 0 Å². The van der Waals surface area contributed by atoms with E-state index in [4.69, 9.17) is 4.42 Å². The first-order valence-corrected chi connectivity index (χ1v) is 9.76. The lowest BCUT2D eigenvalue weighted by molar-refractivity contribution is 0.0762. The molecule has 0 aliphatic carbocycles. The Morgan fingerprint density at radius 3 is 2.65 bits per heavy atom. The van der Waals surface area contributed by atoms with E-state index in [1.165, 1.54) is 5.56 Å². The first kappa shape index (κ1) is 16.9. The predicted molar refractivity (Wildman–Crippen MR) is 105 cm³/mol. The summed E-state index contributed by atoms with van der Waals surface area (Å²) < 4.78 is 5.32. The van der Waals surface area contributed by atoms with Gasteiger partial charge >= 0.3 is 5.63 Å². The van der Waals surface area contributed by atoms with Crippen LogP contribution in [0.5, 0.6) is 0 Å². The van der Waals surface area contributed by atoms with E-state index in [1.54, 1.807) is 17.0 Å². The molecular formula is C21H19NO3S. The monoisotopic (exact) mass is 365 g/mol. The number of rotatable bonds is 2. The van der Waals surface area contributed by atoms with Crippen LogP contribution in [0.1, 0.15) is 27.6 Å². The molecule has 1 saturated heterocycles. The zero-order valence-electron chi connectivity index (χ0n) is 14.3. The van der Waals surface area contributed by atoms with Crippen LogP contribution >= 0.6 is 11.8 Å². The van der Waals surface area contributed by atoms with Gasteiger partial charge in [-0.3, -0.25) is 4.79 Å². The molecule has 0 N–H and O–H groups in total. The van der Waals surface area contributed by atoms with Gasteiger partial charge in [0.2, 0.25) is 0 Å². The van der Waals surface area contributed by atoms with Crippen molar-refractivity contribution in [1.82, 2.24) is 4.90 Å². The van der Waals surface area contributed by atoms with Crippen LogP contribution in [0.4, 0.5) is 0 Å². The Morgan fingerprint density at radius 1 is 1.04 bits per heavy atom. The van der Waals surface area contributed by atoms with Crippen molar-refractivity contribution in [2.75, 3.05) is 18.8 Å². The lowest BCUT2D eigenvalue weighted by Crippen LogP contribution is -2.35. The summed E-state index contributed by atoms with van der Waals surface area (Å²) in [6.07, 6.45) is 0.874. The van der Waals surface area contributed by atoms with E-state index in [2.05, 4.69) is 12.1 Å². The number of amides is 1. The second-order valence-corrected chi connectivity index (χ2v) is 7.65.